The number of hydrogen-bond donors (Lipinski definition) is 0. The average molecular weight is 350 g/mol. The Bertz CT molecular complexity index is 936. The van der Waals surface area contributed by atoms with Crippen LogP contribution < -0.4 is 14.2 Å². The van der Waals surface area contributed by atoms with Gasteiger partial charge in [-0.1, -0.05) is 6.58 Å². The highest BCUT2D eigenvalue weighted by atomic mass is 16.5. The van der Waals surface area contributed by atoms with Crippen LogP contribution in [0.25, 0.3) is 0 Å². The molecule has 0 saturated heterocycles. The first kappa shape index (κ1) is 16.1. The van der Waals surface area contributed by atoms with Crippen molar-refractivity contribution < 1.29 is 14.2 Å². The van der Waals surface area contributed by atoms with Gasteiger partial charge in [-0.3, -0.25) is 4.99 Å². The lowest BCUT2D eigenvalue weighted by atomic mass is 10.1. The molecule has 0 N–H and O–H groups in total. The number of methoxy groups -OCH3 is 2. The molecular formula is C19H18N4O3. The third-order valence-corrected chi connectivity index (χ3v) is 4.26. The van der Waals surface area contributed by atoms with Crippen molar-refractivity contribution in [1.29, 1.82) is 0 Å². The lowest BCUT2D eigenvalue weighted by Gasteiger charge is -2.28. The van der Waals surface area contributed by atoms with Crippen molar-refractivity contribution in [3.8, 4) is 17.2 Å². The largest absolute Gasteiger partial charge is 0.493 e. The third-order valence-electron chi connectivity index (χ3n) is 4.26. The van der Waals surface area contributed by atoms with E-state index in [4.69, 9.17) is 19.2 Å². The summed E-state index contributed by atoms with van der Waals surface area (Å²) in [5.74, 6) is 3.40. The summed E-state index contributed by atoms with van der Waals surface area (Å²) in [5.41, 5.74) is 2.30. The zero-order valence-electron chi connectivity index (χ0n) is 14.6. The molecule has 0 fully saturated rings. The molecule has 0 amide bonds. The van der Waals surface area contributed by atoms with E-state index in [0.29, 0.717) is 35.3 Å². The lowest BCUT2D eigenvalue weighted by Crippen LogP contribution is -2.38. The summed E-state index contributed by atoms with van der Waals surface area (Å²) in [6.07, 6.45) is 3.09. The molecular weight excluding hydrogens is 332 g/mol. The fourth-order valence-electron chi connectivity index (χ4n) is 3.12. The molecule has 1 aromatic heterocycles. The first-order valence-electron chi connectivity index (χ1n) is 8.17. The van der Waals surface area contributed by atoms with Crippen LogP contribution in [0.1, 0.15) is 11.3 Å². The number of amidine groups is 2. The monoisotopic (exact) mass is 350 g/mol. The van der Waals surface area contributed by atoms with E-state index in [2.05, 4.69) is 16.6 Å². The minimum Gasteiger partial charge on any atom is -0.493 e. The van der Waals surface area contributed by atoms with Crippen LogP contribution in [0.5, 0.6) is 17.2 Å². The van der Waals surface area contributed by atoms with Crippen LogP contribution in [-0.4, -0.2) is 48.9 Å². The number of hydrogen-bond acceptors (Lipinski definition) is 7. The van der Waals surface area contributed by atoms with E-state index in [1.807, 2.05) is 29.2 Å². The number of nitrogens with zero attached hydrogens (tertiary/aromatic N) is 4. The van der Waals surface area contributed by atoms with Gasteiger partial charge < -0.3 is 19.1 Å². The van der Waals surface area contributed by atoms with E-state index in [9.17, 15) is 0 Å². The highest BCUT2D eigenvalue weighted by Crippen LogP contribution is 2.39. The van der Waals surface area contributed by atoms with Gasteiger partial charge in [0.05, 0.1) is 32.7 Å². The summed E-state index contributed by atoms with van der Waals surface area (Å²) in [6.45, 7) is 5.04. The van der Waals surface area contributed by atoms with Crippen molar-refractivity contribution in [3.63, 3.8) is 0 Å². The van der Waals surface area contributed by atoms with Crippen molar-refractivity contribution in [1.82, 2.24) is 9.88 Å². The Balaban J connectivity index is 1.92. The van der Waals surface area contributed by atoms with Crippen LogP contribution in [0.4, 0.5) is 5.69 Å². The van der Waals surface area contributed by atoms with Crippen molar-refractivity contribution >= 4 is 17.4 Å². The van der Waals surface area contributed by atoms with Gasteiger partial charge in [0.2, 0.25) is 0 Å². The Labute approximate surface area is 151 Å². The minimum absolute atomic E-state index is 0.594. The number of pyridine rings is 1. The molecule has 1 aromatic carbocycles. The van der Waals surface area contributed by atoms with Gasteiger partial charge in [-0.25, -0.2) is 9.98 Å². The summed E-state index contributed by atoms with van der Waals surface area (Å²) in [7, 11) is 3.22. The number of fused-ring (bicyclic) bond motifs is 3. The van der Waals surface area contributed by atoms with Crippen LogP contribution in [0.15, 0.2) is 53.3 Å². The Kier molecular flexibility index (Phi) is 4.04. The molecule has 2 aliphatic heterocycles. The summed E-state index contributed by atoms with van der Waals surface area (Å²) in [5, 5.41) is 0. The second-order valence-corrected chi connectivity index (χ2v) is 5.65. The minimum atomic E-state index is 0.594. The van der Waals surface area contributed by atoms with Crippen molar-refractivity contribution in [3.05, 3.63) is 54.6 Å². The molecule has 0 saturated carbocycles. The SMILES string of the molecule is C=COc1cccnc1C1=Nc2cc(OC)c(OC)cc2C2=NCCN21. The molecule has 7 heteroatoms. The standard InChI is InChI=1S/C19H18N4O3/c1-4-26-14-6-5-7-20-17(14)19-22-13-11-16(25-3)15(24-2)10-12(13)18-21-8-9-23(18)19/h4-7,10-11H,1,8-9H2,2-3H3. The van der Waals surface area contributed by atoms with Crippen LogP contribution in [0.3, 0.4) is 0 Å². The van der Waals surface area contributed by atoms with Gasteiger partial charge in [-0.15, -0.1) is 0 Å². The molecule has 2 aromatic rings. The molecule has 7 nitrogen and oxygen atoms in total. The molecule has 0 aliphatic carbocycles. The number of aliphatic imine (C=N–C) groups is 2. The zero-order chi connectivity index (χ0) is 18.1. The molecule has 0 unspecified atom stereocenters. The predicted octanol–water partition coefficient (Wildman–Crippen LogP) is 2.78. The van der Waals surface area contributed by atoms with Crippen LogP contribution in [0.2, 0.25) is 0 Å². The van der Waals surface area contributed by atoms with Crippen LogP contribution in [-0.2, 0) is 0 Å². The molecule has 0 radical (unpaired) electrons. The topological polar surface area (TPSA) is 68.5 Å². The first-order valence-corrected chi connectivity index (χ1v) is 8.17. The fraction of sp³-hybridized carbons (Fsp3) is 0.211. The number of aromatic nitrogens is 1. The second-order valence-electron chi connectivity index (χ2n) is 5.65. The maximum absolute atomic E-state index is 5.52. The fourth-order valence-corrected chi connectivity index (χ4v) is 3.12. The highest BCUT2D eigenvalue weighted by Gasteiger charge is 2.33. The van der Waals surface area contributed by atoms with Gasteiger partial charge in [-0.2, -0.15) is 0 Å². The van der Waals surface area contributed by atoms with Crippen molar-refractivity contribution in [2.75, 3.05) is 27.3 Å². The maximum Gasteiger partial charge on any atom is 0.164 e. The van der Waals surface area contributed by atoms with Crippen LogP contribution >= 0.6 is 0 Å². The molecule has 26 heavy (non-hydrogen) atoms. The molecule has 0 spiro atoms. The van der Waals surface area contributed by atoms with Gasteiger partial charge in [0.1, 0.15) is 11.5 Å². The van der Waals surface area contributed by atoms with Gasteiger partial charge >= 0.3 is 0 Å². The maximum atomic E-state index is 5.52. The molecule has 3 heterocycles. The molecule has 0 bridgehead atoms. The van der Waals surface area contributed by atoms with Gasteiger partial charge in [0.15, 0.2) is 23.1 Å². The van der Waals surface area contributed by atoms with Gasteiger partial charge in [0.25, 0.3) is 0 Å². The summed E-state index contributed by atoms with van der Waals surface area (Å²) < 4.78 is 16.4. The Morgan fingerprint density at radius 1 is 1.12 bits per heavy atom. The number of benzene rings is 1. The number of rotatable bonds is 5. The Hall–Kier alpha value is -3.35. The molecule has 4 rings (SSSR count). The Morgan fingerprint density at radius 3 is 2.69 bits per heavy atom. The lowest BCUT2D eigenvalue weighted by molar-refractivity contribution is 0.355. The normalized spacial score (nSPS) is 14.8. The van der Waals surface area contributed by atoms with E-state index in [0.717, 1.165) is 23.6 Å². The predicted molar refractivity (Wildman–Crippen MR) is 98.9 cm³/mol. The Morgan fingerprint density at radius 2 is 1.92 bits per heavy atom. The van der Waals surface area contributed by atoms with Crippen LogP contribution in [0, 0.1) is 0 Å². The number of ether oxygens (including phenoxy) is 3. The van der Waals surface area contributed by atoms with Crippen molar-refractivity contribution in [2.45, 2.75) is 0 Å². The summed E-state index contributed by atoms with van der Waals surface area (Å²) in [4.78, 5) is 16.0. The van der Waals surface area contributed by atoms with E-state index < -0.39 is 0 Å². The summed E-state index contributed by atoms with van der Waals surface area (Å²) >= 11 is 0. The second kappa shape index (κ2) is 6.51. The smallest absolute Gasteiger partial charge is 0.164 e. The molecule has 0 atom stereocenters. The van der Waals surface area contributed by atoms with E-state index >= 15 is 0 Å². The van der Waals surface area contributed by atoms with E-state index in [1.54, 1.807) is 20.4 Å². The average Bonchev–Trinajstić information content (AvgIpc) is 3.17. The summed E-state index contributed by atoms with van der Waals surface area (Å²) in [6, 6.07) is 7.41. The van der Waals surface area contributed by atoms with Gasteiger partial charge in [-0.05, 0) is 18.2 Å². The molecule has 132 valence electrons. The van der Waals surface area contributed by atoms with E-state index in [-0.39, 0.29) is 0 Å². The third kappa shape index (κ3) is 2.48. The quantitative estimate of drug-likeness (QED) is 0.776. The molecule has 2 aliphatic rings. The van der Waals surface area contributed by atoms with Crippen molar-refractivity contribution in [2.24, 2.45) is 9.98 Å². The highest BCUT2D eigenvalue weighted by molar-refractivity contribution is 6.21. The van der Waals surface area contributed by atoms with Gasteiger partial charge in [0, 0.05) is 24.4 Å². The zero-order valence-corrected chi connectivity index (χ0v) is 14.6. The first-order chi connectivity index (χ1) is 12.8. The van der Waals surface area contributed by atoms with E-state index in [1.165, 1.54) is 6.26 Å².